The van der Waals surface area contributed by atoms with Crippen molar-refractivity contribution in [3.05, 3.63) is 0 Å². The number of nitrogens with two attached hydrogens (primary N) is 1. The molecule has 0 aromatic carbocycles. The zero-order valence-corrected chi connectivity index (χ0v) is 11.2. The minimum atomic E-state index is 0.472. The molecule has 2 nitrogen and oxygen atoms in total. The second-order valence-corrected chi connectivity index (χ2v) is 6.34. The fourth-order valence-corrected chi connectivity index (χ4v) is 3.20. The highest BCUT2D eigenvalue weighted by atomic mass is 15.2. The molecule has 2 fully saturated rings. The van der Waals surface area contributed by atoms with E-state index < -0.39 is 0 Å². The van der Waals surface area contributed by atoms with Gasteiger partial charge >= 0.3 is 0 Å². The third kappa shape index (κ3) is 2.98. The second kappa shape index (κ2) is 5.05. The zero-order valence-electron chi connectivity index (χ0n) is 11.2. The summed E-state index contributed by atoms with van der Waals surface area (Å²) in [4.78, 5) is 2.67. The molecule has 0 aromatic heterocycles. The van der Waals surface area contributed by atoms with Gasteiger partial charge in [0.25, 0.3) is 0 Å². The van der Waals surface area contributed by atoms with E-state index in [0.717, 1.165) is 23.8 Å². The van der Waals surface area contributed by atoms with Gasteiger partial charge in [0.2, 0.25) is 0 Å². The summed E-state index contributed by atoms with van der Waals surface area (Å²) in [6.45, 7) is 9.67. The van der Waals surface area contributed by atoms with Crippen LogP contribution in [-0.4, -0.2) is 30.1 Å². The van der Waals surface area contributed by atoms with Crippen molar-refractivity contribution in [2.75, 3.05) is 13.1 Å². The molecule has 1 aliphatic carbocycles. The number of rotatable bonds is 4. The molecule has 16 heavy (non-hydrogen) atoms. The Balaban J connectivity index is 1.77. The van der Waals surface area contributed by atoms with Crippen LogP contribution in [-0.2, 0) is 0 Å². The van der Waals surface area contributed by atoms with Crippen molar-refractivity contribution in [1.29, 1.82) is 0 Å². The van der Waals surface area contributed by atoms with Crippen molar-refractivity contribution in [3.63, 3.8) is 0 Å². The van der Waals surface area contributed by atoms with Crippen LogP contribution in [0.15, 0.2) is 0 Å². The third-order valence-corrected chi connectivity index (χ3v) is 4.70. The Labute approximate surface area is 101 Å². The Hall–Kier alpha value is -0.0800. The smallest absolute Gasteiger partial charge is 0.00927 e. The predicted octanol–water partition coefficient (Wildman–Crippen LogP) is 2.48. The summed E-state index contributed by atoms with van der Waals surface area (Å²) in [5.74, 6) is 2.57. The van der Waals surface area contributed by atoms with Gasteiger partial charge in [-0.25, -0.2) is 0 Å². The lowest BCUT2D eigenvalue weighted by Gasteiger charge is -2.41. The van der Waals surface area contributed by atoms with Crippen LogP contribution in [0.25, 0.3) is 0 Å². The molecular weight excluding hydrogens is 196 g/mol. The van der Waals surface area contributed by atoms with E-state index >= 15 is 0 Å². The van der Waals surface area contributed by atoms with Crippen LogP contribution in [0.1, 0.15) is 46.5 Å². The summed E-state index contributed by atoms with van der Waals surface area (Å²) in [5, 5.41) is 0. The summed E-state index contributed by atoms with van der Waals surface area (Å²) in [6, 6.07) is 1.22. The van der Waals surface area contributed by atoms with Gasteiger partial charge in [-0.1, -0.05) is 13.8 Å². The first kappa shape index (κ1) is 12.4. The second-order valence-electron chi connectivity index (χ2n) is 6.34. The van der Waals surface area contributed by atoms with Crippen molar-refractivity contribution >= 4 is 0 Å². The van der Waals surface area contributed by atoms with E-state index in [-0.39, 0.29) is 0 Å². The summed E-state index contributed by atoms with van der Waals surface area (Å²) < 4.78 is 0. The highest BCUT2D eigenvalue weighted by molar-refractivity contribution is 4.87. The van der Waals surface area contributed by atoms with Gasteiger partial charge in [0.1, 0.15) is 0 Å². The van der Waals surface area contributed by atoms with E-state index in [1.807, 2.05) is 0 Å². The highest BCUT2D eigenvalue weighted by Gasteiger charge is 2.31. The van der Waals surface area contributed by atoms with Crippen LogP contribution in [0, 0.1) is 17.8 Å². The molecule has 2 rings (SSSR count). The van der Waals surface area contributed by atoms with E-state index in [0.29, 0.717) is 6.04 Å². The molecule has 0 spiro atoms. The molecule has 1 saturated heterocycles. The Morgan fingerprint density at radius 3 is 2.56 bits per heavy atom. The maximum Gasteiger partial charge on any atom is 0.00927 e. The number of piperidine rings is 1. The lowest BCUT2D eigenvalue weighted by molar-refractivity contribution is 0.0764. The molecule has 94 valence electrons. The molecule has 4 unspecified atom stereocenters. The lowest BCUT2D eigenvalue weighted by Crippen LogP contribution is -2.47. The fourth-order valence-electron chi connectivity index (χ4n) is 3.20. The maximum atomic E-state index is 6.18. The monoisotopic (exact) mass is 224 g/mol. The maximum absolute atomic E-state index is 6.18. The molecule has 0 aromatic rings. The number of nitrogens with zero attached hydrogens (tertiary/aromatic N) is 1. The SMILES string of the molecule is CC1CC(C)C(C)N(CCC(N)C2CC2)C1. The van der Waals surface area contributed by atoms with Crippen LogP contribution < -0.4 is 5.73 Å². The molecule has 0 radical (unpaired) electrons. The van der Waals surface area contributed by atoms with Gasteiger partial charge in [0.15, 0.2) is 0 Å². The van der Waals surface area contributed by atoms with Gasteiger partial charge in [-0.3, -0.25) is 0 Å². The van der Waals surface area contributed by atoms with E-state index in [2.05, 4.69) is 25.7 Å². The predicted molar refractivity (Wildman–Crippen MR) is 69.3 cm³/mol. The van der Waals surface area contributed by atoms with Crippen molar-refractivity contribution in [2.24, 2.45) is 23.5 Å². The first-order chi connectivity index (χ1) is 7.58. The quantitative estimate of drug-likeness (QED) is 0.795. The highest BCUT2D eigenvalue weighted by Crippen LogP contribution is 2.33. The van der Waals surface area contributed by atoms with Crippen LogP contribution >= 0.6 is 0 Å². The lowest BCUT2D eigenvalue weighted by atomic mass is 9.86. The Bertz CT molecular complexity index is 225. The van der Waals surface area contributed by atoms with E-state index in [1.54, 1.807) is 0 Å². The summed E-state index contributed by atoms with van der Waals surface area (Å²) in [5.41, 5.74) is 6.18. The standard InChI is InChI=1S/C14H28N2/c1-10-8-11(2)12(3)16(9-10)7-6-14(15)13-4-5-13/h10-14H,4-9,15H2,1-3H3. The minimum Gasteiger partial charge on any atom is -0.327 e. The number of likely N-dealkylation sites (tertiary alicyclic amines) is 1. The average Bonchev–Trinajstić information content (AvgIpc) is 3.04. The van der Waals surface area contributed by atoms with Crippen LogP contribution in [0.2, 0.25) is 0 Å². The van der Waals surface area contributed by atoms with Gasteiger partial charge in [0, 0.05) is 18.6 Å². The van der Waals surface area contributed by atoms with E-state index in [1.165, 1.54) is 38.8 Å². The summed E-state index contributed by atoms with van der Waals surface area (Å²) in [7, 11) is 0. The Kier molecular flexibility index (Phi) is 3.91. The Morgan fingerprint density at radius 2 is 1.94 bits per heavy atom. The van der Waals surface area contributed by atoms with Gasteiger partial charge in [-0.05, 0) is 56.9 Å². The molecule has 2 aliphatic rings. The zero-order chi connectivity index (χ0) is 11.7. The topological polar surface area (TPSA) is 29.3 Å². The fraction of sp³-hybridized carbons (Fsp3) is 1.00. The van der Waals surface area contributed by atoms with Gasteiger partial charge in [-0.2, -0.15) is 0 Å². The molecule has 1 heterocycles. The molecule has 0 amide bonds. The third-order valence-electron chi connectivity index (χ3n) is 4.70. The summed E-state index contributed by atoms with van der Waals surface area (Å²) >= 11 is 0. The molecule has 1 saturated carbocycles. The van der Waals surface area contributed by atoms with Crippen LogP contribution in [0.5, 0.6) is 0 Å². The minimum absolute atomic E-state index is 0.472. The van der Waals surface area contributed by atoms with Crippen LogP contribution in [0.3, 0.4) is 0 Å². The van der Waals surface area contributed by atoms with E-state index in [4.69, 9.17) is 5.73 Å². The van der Waals surface area contributed by atoms with Crippen LogP contribution in [0.4, 0.5) is 0 Å². The van der Waals surface area contributed by atoms with Gasteiger partial charge in [-0.15, -0.1) is 0 Å². The van der Waals surface area contributed by atoms with Gasteiger partial charge < -0.3 is 10.6 Å². The molecule has 0 bridgehead atoms. The van der Waals surface area contributed by atoms with Crippen molar-refractivity contribution in [2.45, 2.75) is 58.5 Å². The number of hydrogen-bond acceptors (Lipinski definition) is 2. The molecule has 2 heteroatoms. The normalized spacial score (nSPS) is 38.6. The van der Waals surface area contributed by atoms with Crippen molar-refractivity contribution < 1.29 is 0 Å². The average molecular weight is 224 g/mol. The molecule has 1 aliphatic heterocycles. The number of hydrogen-bond donors (Lipinski definition) is 1. The van der Waals surface area contributed by atoms with Gasteiger partial charge in [0.05, 0.1) is 0 Å². The first-order valence-corrected chi connectivity index (χ1v) is 7.07. The Morgan fingerprint density at radius 1 is 1.25 bits per heavy atom. The van der Waals surface area contributed by atoms with E-state index in [9.17, 15) is 0 Å². The summed E-state index contributed by atoms with van der Waals surface area (Å²) in [6.07, 6.45) is 5.36. The first-order valence-electron chi connectivity index (χ1n) is 7.07. The van der Waals surface area contributed by atoms with Crippen molar-refractivity contribution in [1.82, 2.24) is 4.90 Å². The molecule has 4 atom stereocenters. The molecule has 2 N–H and O–H groups in total. The molecular formula is C14H28N2. The van der Waals surface area contributed by atoms with Crippen molar-refractivity contribution in [3.8, 4) is 0 Å². The largest absolute Gasteiger partial charge is 0.327 e.